The molecule has 2 fully saturated rings. The molecule has 1 aromatic carbocycles. The highest BCUT2D eigenvalue weighted by Crippen LogP contribution is 2.35. The van der Waals surface area contributed by atoms with Gasteiger partial charge in [0, 0.05) is 38.6 Å². The number of hydrogen-bond acceptors (Lipinski definition) is 4. The van der Waals surface area contributed by atoms with Crippen LogP contribution < -0.4 is 5.73 Å². The van der Waals surface area contributed by atoms with E-state index < -0.39 is 0 Å². The fourth-order valence-electron chi connectivity index (χ4n) is 5.21. The molecule has 0 atom stereocenters. The summed E-state index contributed by atoms with van der Waals surface area (Å²) in [5.41, 5.74) is 8.49. The number of hydrogen-bond donors (Lipinski definition) is 1. The summed E-state index contributed by atoms with van der Waals surface area (Å²) >= 11 is 0. The molecule has 5 heteroatoms. The van der Waals surface area contributed by atoms with Crippen LogP contribution in [-0.2, 0) is 11.3 Å². The van der Waals surface area contributed by atoms with Gasteiger partial charge in [-0.05, 0) is 81.1 Å². The lowest BCUT2D eigenvalue weighted by Gasteiger charge is -2.42. The van der Waals surface area contributed by atoms with Gasteiger partial charge >= 0.3 is 0 Å². The Balaban J connectivity index is 1.41. The number of allylic oxidation sites excluding steroid dienone is 1. The normalized spacial score (nSPS) is 19.9. The summed E-state index contributed by atoms with van der Waals surface area (Å²) in [6.07, 6.45) is 13.0. The molecule has 0 unspecified atom stereocenters. The Bertz CT molecular complexity index is 831. The minimum absolute atomic E-state index is 0.176. The monoisotopic (exact) mass is 464 g/mol. The largest absolute Gasteiger partial charge is 0.404 e. The highest BCUT2D eigenvalue weighted by atomic mass is 16.2. The van der Waals surface area contributed by atoms with Gasteiger partial charge in [-0.3, -0.25) is 9.69 Å². The zero-order valence-corrected chi connectivity index (χ0v) is 21.3. The predicted molar refractivity (Wildman–Crippen MR) is 142 cm³/mol. The number of amides is 1. The minimum Gasteiger partial charge on any atom is -0.404 e. The number of carbonyl (C=O) groups excluding carboxylic acids is 1. The van der Waals surface area contributed by atoms with Crippen LogP contribution in [0.5, 0.6) is 0 Å². The van der Waals surface area contributed by atoms with E-state index in [0.29, 0.717) is 5.91 Å². The smallest absolute Gasteiger partial charge is 0.225 e. The number of nitrogens with two attached hydrogens (primary N) is 1. The zero-order valence-electron chi connectivity index (χ0n) is 21.3. The number of carbonyl (C=O) groups is 1. The van der Waals surface area contributed by atoms with Crippen molar-refractivity contribution in [2.75, 3.05) is 39.3 Å². The molecule has 3 rings (SSSR count). The first kappa shape index (κ1) is 26.1. The van der Waals surface area contributed by atoms with Crippen molar-refractivity contribution in [1.82, 2.24) is 14.7 Å². The third kappa shape index (κ3) is 7.49. The molecule has 5 nitrogen and oxygen atoms in total. The van der Waals surface area contributed by atoms with Gasteiger partial charge in [0.25, 0.3) is 0 Å². The molecular weight excluding hydrogens is 420 g/mol. The van der Waals surface area contributed by atoms with Gasteiger partial charge in [0.05, 0.1) is 0 Å². The van der Waals surface area contributed by atoms with Gasteiger partial charge in [0.15, 0.2) is 0 Å². The molecule has 2 aliphatic heterocycles. The van der Waals surface area contributed by atoms with E-state index in [-0.39, 0.29) is 11.3 Å². The molecule has 0 bridgehead atoms. The van der Waals surface area contributed by atoms with E-state index in [1.807, 2.05) is 19.2 Å². The Morgan fingerprint density at radius 2 is 1.85 bits per heavy atom. The number of nitrogens with zero attached hydrogens (tertiary/aromatic N) is 3. The van der Waals surface area contributed by atoms with E-state index in [0.717, 1.165) is 83.5 Å². The Morgan fingerprint density at radius 3 is 2.44 bits per heavy atom. The lowest BCUT2D eigenvalue weighted by atomic mass is 9.77. The predicted octanol–water partition coefficient (Wildman–Crippen LogP) is 4.78. The van der Waals surface area contributed by atoms with Crippen LogP contribution in [0.4, 0.5) is 0 Å². The van der Waals surface area contributed by atoms with Crippen LogP contribution in [0.3, 0.4) is 0 Å². The molecule has 2 heterocycles. The first-order chi connectivity index (χ1) is 16.5. The van der Waals surface area contributed by atoms with Gasteiger partial charge in [-0.1, -0.05) is 56.0 Å². The number of benzene rings is 1. The Hall–Kier alpha value is -2.53. The van der Waals surface area contributed by atoms with Crippen LogP contribution in [-0.4, -0.2) is 59.9 Å². The highest BCUT2D eigenvalue weighted by molar-refractivity contribution is 5.79. The molecule has 2 N–H and O–H groups in total. The number of likely N-dealkylation sites (tertiary alicyclic amines) is 2. The fourth-order valence-corrected chi connectivity index (χ4v) is 5.21. The van der Waals surface area contributed by atoms with Crippen molar-refractivity contribution in [2.24, 2.45) is 17.1 Å². The highest BCUT2D eigenvalue weighted by Gasteiger charge is 2.35. The van der Waals surface area contributed by atoms with Gasteiger partial charge in [-0.25, -0.2) is 0 Å². The summed E-state index contributed by atoms with van der Waals surface area (Å²) in [6.45, 7) is 14.9. The summed E-state index contributed by atoms with van der Waals surface area (Å²) in [6, 6.07) is 10.6. The maximum Gasteiger partial charge on any atom is 0.225 e. The van der Waals surface area contributed by atoms with Gasteiger partial charge < -0.3 is 15.5 Å². The molecule has 0 aromatic heterocycles. The molecule has 1 amide bonds. The molecule has 0 radical (unpaired) electrons. The third-order valence-corrected chi connectivity index (χ3v) is 7.71. The summed E-state index contributed by atoms with van der Waals surface area (Å²) in [4.78, 5) is 20.1. The second kappa shape index (κ2) is 12.8. The average Bonchev–Trinajstić information content (AvgIpc) is 2.87. The number of piperidine rings is 2. The standard InChI is InChI=1S/C29H44N4O/c1-4-9-26(22-30)24-32-17-12-27(13-18-32)28(34)33-20-15-29(3,16-21-33)14-19-31(5-2)23-25-10-7-6-8-11-25/h4-11,22,27H,2,12-21,23-24,30H2,1,3H3/b9-4-,26-22+. The molecule has 186 valence electrons. The molecule has 0 aliphatic carbocycles. The number of rotatable bonds is 10. The van der Waals surface area contributed by atoms with E-state index in [1.54, 1.807) is 6.20 Å². The van der Waals surface area contributed by atoms with Crippen LogP contribution in [0, 0.1) is 11.3 Å². The topological polar surface area (TPSA) is 52.8 Å². The van der Waals surface area contributed by atoms with E-state index in [9.17, 15) is 4.79 Å². The molecule has 34 heavy (non-hydrogen) atoms. The maximum atomic E-state index is 13.2. The minimum atomic E-state index is 0.176. The molecule has 2 aliphatic rings. The Morgan fingerprint density at radius 1 is 1.18 bits per heavy atom. The molecule has 0 saturated carbocycles. The quantitative estimate of drug-likeness (QED) is 0.506. The van der Waals surface area contributed by atoms with E-state index >= 15 is 0 Å². The van der Waals surface area contributed by atoms with E-state index in [2.05, 4.69) is 64.6 Å². The molecule has 1 aromatic rings. The van der Waals surface area contributed by atoms with Crippen molar-refractivity contribution in [1.29, 1.82) is 0 Å². The van der Waals surface area contributed by atoms with Crippen LogP contribution in [0.2, 0.25) is 0 Å². The Labute approximate surface area is 207 Å². The van der Waals surface area contributed by atoms with Crippen molar-refractivity contribution in [3.63, 3.8) is 0 Å². The first-order valence-corrected chi connectivity index (χ1v) is 12.9. The van der Waals surface area contributed by atoms with Crippen LogP contribution in [0.15, 0.2) is 67.0 Å². The summed E-state index contributed by atoms with van der Waals surface area (Å²) < 4.78 is 0. The van der Waals surface area contributed by atoms with Gasteiger partial charge in [-0.15, -0.1) is 0 Å². The van der Waals surface area contributed by atoms with Gasteiger partial charge in [0.1, 0.15) is 0 Å². The first-order valence-electron chi connectivity index (χ1n) is 12.9. The van der Waals surface area contributed by atoms with Crippen molar-refractivity contribution in [3.8, 4) is 0 Å². The van der Waals surface area contributed by atoms with Crippen molar-refractivity contribution >= 4 is 5.91 Å². The second-order valence-electron chi connectivity index (χ2n) is 10.3. The average molecular weight is 465 g/mol. The van der Waals surface area contributed by atoms with Gasteiger partial charge in [0.2, 0.25) is 5.91 Å². The fraction of sp³-hybridized carbons (Fsp3) is 0.552. The third-order valence-electron chi connectivity index (χ3n) is 7.71. The van der Waals surface area contributed by atoms with Crippen molar-refractivity contribution < 1.29 is 4.79 Å². The van der Waals surface area contributed by atoms with Crippen molar-refractivity contribution in [2.45, 2.75) is 52.5 Å². The summed E-state index contributed by atoms with van der Waals surface area (Å²) in [7, 11) is 0. The second-order valence-corrected chi connectivity index (χ2v) is 10.3. The SMILES string of the molecule is C=CN(CCC1(C)CCN(C(=O)C2CCN(CC(/C=C\C)=C/N)CC2)CC1)Cc1ccccc1. The Kier molecular flexibility index (Phi) is 9.82. The lowest BCUT2D eigenvalue weighted by Crippen LogP contribution is -2.47. The zero-order chi connectivity index (χ0) is 24.4. The van der Waals surface area contributed by atoms with Crippen LogP contribution in [0.1, 0.15) is 51.5 Å². The van der Waals surface area contributed by atoms with Crippen LogP contribution in [0.25, 0.3) is 0 Å². The molecular formula is C29H44N4O. The molecule has 2 saturated heterocycles. The molecule has 0 spiro atoms. The lowest BCUT2D eigenvalue weighted by molar-refractivity contribution is -0.139. The van der Waals surface area contributed by atoms with E-state index in [4.69, 9.17) is 5.73 Å². The van der Waals surface area contributed by atoms with Crippen molar-refractivity contribution in [3.05, 3.63) is 72.6 Å². The van der Waals surface area contributed by atoms with E-state index in [1.165, 1.54) is 5.56 Å². The maximum absolute atomic E-state index is 13.2. The summed E-state index contributed by atoms with van der Waals surface area (Å²) in [5.74, 6) is 0.552. The van der Waals surface area contributed by atoms with Gasteiger partial charge in [-0.2, -0.15) is 0 Å². The van der Waals surface area contributed by atoms with Crippen LogP contribution >= 0.6 is 0 Å². The summed E-state index contributed by atoms with van der Waals surface area (Å²) in [5, 5.41) is 0.